The third kappa shape index (κ3) is 4.89. The van der Waals surface area contributed by atoms with Gasteiger partial charge in [0.25, 0.3) is 0 Å². The van der Waals surface area contributed by atoms with Crippen molar-refractivity contribution in [1.82, 2.24) is 15.0 Å². The number of ether oxygens (including phenoxy) is 1. The van der Waals surface area contributed by atoms with Gasteiger partial charge in [-0.05, 0) is 42.8 Å². The van der Waals surface area contributed by atoms with E-state index in [9.17, 15) is 4.39 Å². The fraction of sp³-hybridized carbons (Fsp3) is 0.250. The minimum absolute atomic E-state index is 0.00936. The molecular formula is C20H19Cl2FN6O. The van der Waals surface area contributed by atoms with Gasteiger partial charge in [0.2, 0.25) is 17.8 Å². The summed E-state index contributed by atoms with van der Waals surface area (Å²) in [4.78, 5) is 15.5. The molecule has 0 atom stereocenters. The fourth-order valence-electron chi connectivity index (χ4n) is 2.88. The highest BCUT2D eigenvalue weighted by Crippen LogP contribution is 2.25. The van der Waals surface area contributed by atoms with Gasteiger partial charge in [0.1, 0.15) is 5.82 Å². The molecule has 2 N–H and O–H groups in total. The van der Waals surface area contributed by atoms with Crippen molar-refractivity contribution < 1.29 is 9.13 Å². The summed E-state index contributed by atoms with van der Waals surface area (Å²) < 4.78 is 18.9. The lowest BCUT2D eigenvalue weighted by Gasteiger charge is -2.27. The van der Waals surface area contributed by atoms with Crippen molar-refractivity contribution in [3.63, 3.8) is 0 Å². The zero-order chi connectivity index (χ0) is 21.1. The Kier molecular flexibility index (Phi) is 6.17. The number of nitrogens with one attached hydrogen (secondary N) is 2. The van der Waals surface area contributed by atoms with Crippen LogP contribution in [0.4, 0.5) is 33.6 Å². The predicted octanol–water partition coefficient (Wildman–Crippen LogP) is 4.95. The molecule has 1 fully saturated rings. The average molecular weight is 449 g/mol. The molecule has 30 heavy (non-hydrogen) atoms. The van der Waals surface area contributed by atoms with E-state index in [-0.39, 0.29) is 5.02 Å². The lowest BCUT2D eigenvalue weighted by atomic mass is 10.2. The molecule has 3 aromatic rings. The number of anilines is 5. The molecule has 10 heteroatoms. The van der Waals surface area contributed by atoms with E-state index in [4.69, 9.17) is 27.9 Å². The van der Waals surface area contributed by atoms with E-state index in [1.165, 1.54) is 12.1 Å². The standard InChI is InChI=1S/C20H19Cl2FN6O/c1-12-2-3-13(10-15(12)21)24-18-26-19(25-14-4-5-17(23)16(22)11-14)28-20(27-18)29-6-8-30-9-7-29/h2-5,10-11H,6-9H2,1H3,(H2,24,25,26,27,28). The molecule has 156 valence electrons. The monoisotopic (exact) mass is 448 g/mol. The second kappa shape index (κ2) is 8.99. The first-order valence-corrected chi connectivity index (χ1v) is 10.1. The zero-order valence-corrected chi connectivity index (χ0v) is 17.6. The summed E-state index contributed by atoms with van der Waals surface area (Å²) in [5.74, 6) is 0.659. The molecule has 0 amide bonds. The highest BCUT2D eigenvalue weighted by molar-refractivity contribution is 6.31. The van der Waals surface area contributed by atoms with Gasteiger partial charge < -0.3 is 20.3 Å². The van der Waals surface area contributed by atoms with Gasteiger partial charge in [-0.2, -0.15) is 15.0 Å². The van der Waals surface area contributed by atoms with Crippen molar-refractivity contribution in [2.45, 2.75) is 6.92 Å². The quantitative estimate of drug-likeness (QED) is 0.571. The van der Waals surface area contributed by atoms with Gasteiger partial charge in [0, 0.05) is 29.5 Å². The number of rotatable bonds is 5. The van der Waals surface area contributed by atoms with Gasteiger partial charge in [-0.3, -0.25) is 0 Å². The van der Waals surface area contributed by atoms with Gasteiger partial charge >= 0.3 is 0 Å². The molecule has 0 aliphatic carbocycles. The Morgan fingerprint density at radius 3 is 2.10 bits per heavy atom. The Labute approximate surface area is 183 Å². The summed E-state index contributed by atoms with van der Waals surface area (Å²) >= 11 is 12.1. The lowest BCUT2D eigenvalue weighted by Crippen LogP contribution is -2.37. The highest BCUT2D eigenvalue weighted by atomic mass is 35.5. The number of aromatic nitrogens is 3. The Morgan fingerprint density at radius 2 is 1.50 bits per heavy atom. The number of morpholine rings is 1. The van der Waals surface area contributed by atoms with Crippen molar-refractivity contribution in [2.24, 2.45) is 0 Å². The largest absolute Gasteiger partial charge is 0.378 e. The van der Waals surface area contributed by atoms with Crippen molar-refractivity contribution in [3.8, 4) is 0 Å². The Hall–Kier alpha value is -2.68. The van der Waals surface area contributed by atoms with Crippen LogP contribution in [0.15, 0.2) is 36.4 Å². The maximum absolute atomic E-state index is 13.5. The number of benzene rings is 2. The molecule has 1 aromatic heterocycles. The second-order valence-electron chi connectivity index (χ2n) is 6.72. The molecule has 0 radical (unpaired) electrons. The highest BCUT2D eigenvalue weighted by Gasteiger charge is 2.17. The number of aryl methyl sites for hydroxylation is 1. The van der Waals surface area contributed by atoms with Crippen molar-refractivity contribution in [1.29, 1.82) is 0 Å². The molecule has 0 bridgehead atoms. The van der Waals surface area contributed by atoms with Crippen LogP contribution in [0.3, 0.4) is 0 Å². The first-order valence-electron chi connectivity index (χ1n) is 9.32. The smallest absolute Gasteiger partial charge is 0.233 e. The van der Waals surface area contributed by atoms with Gasteiger partial charge in [-0.25, -0.2) is 4.39 Å². The Bertz CT molecular complexity index is 990. The second-order valence-corrected chi connectivity index (χ2v) is 7.54. The molecule has 0 spiro atoms. The van der Waals surface area contributed by atoms with Crippen LogP contribution in [0.25, 0.3) is 0 Å². The van der Waals surface area contributed by atoms with Crippen LogP contribution in [-0.4, -0.2) is 41.3 Å². The van der Waals surface area contributed by atoms with Crippen LogP contribution >= 0.6 is 23.2 Å². The van der Waals surface area contributed by atoms with E-state index in [1.54, 1.807) is 6.07 Å². The maximum atomic E-state index is 13.5. The van der Waals surface area contributed by atoms with Gasteiger partial charge in [-0.1, -0.05) is 29.3 Å². The molecule has 2 aromatic carbocycles. The first-order chi connectivity index (χ1) is 14.5. The van der Waals surface area contributed by atoms with Crippen molar-refractivity contribution in [3.05, 3.63) is 57.8 Å². The summed E-state index contributed by atoms with van der Waals surface area (Å²) in [6.07, 6.45) is 0. The minimum Gasteiger partial charge on any atom is -0.378 e. The molecule has 2 heterocycles. The predicted molar refractivity (Wildman–Crippen MR) is 117 cm³/mol. The number of hydrogen-bond donors (Lipinski definition) is 2. The van der Waals surface area contributed by atoms with Crippen molar-refractivity contribution >= 4 is 52.4 Å². The van der Waals surface area contributed by atoms with E-state index in [0.717, 1.165) is 11.3 Å². The SMILES string of the molecule is Cc1ccc(Nc2nc(Nc3ccc(F)c(Cl)c3)nc(N3CCOCC3)n2)cc1Cl. The van der Waals surface area contributed by atoms with Crippen LogP contribution < -0.4 is 15.5 Å². The number of hydrogen-bond acceptors (Lipinski definition) is 7. The van der Waals surface area contributed by atoms with Crippen molar-refractivity contribution in [2.75, 3.05) is 41.8 Å². The molecule has 0 saturated carbocycles. The van der Waals surface area contributed by atoms with E-state index < -0.39 is 5.82 Å². The summed E-state index contributed by atoms with van der Waals surface area (Å²) in [5.41, 5.74) is 2.28. The Morgan fingerprint density at radius 1 is 0.900 bits per heavy atom. The van der Waals surface area contributed by atoms with Crippen LogP contribution in [0.2, 0.25) is 10.0 Å². The van der Waals surface area contributed by atoms with Crippen LogP contribution in [0, 0.1) is 12.7 Å². The van der Waals surface area contributed by atoms with Crippen LogP contribution in [0.5, 0.6) is 0 Å². The van der Waals surface area contributed by atoms with Gasteiger partial charge in [0.15, 0.2) is 0 Å². The molecule has 4 rings (SSSR count). The van der Waals surface area contributed by atoms with E-state index in [0.29, 0.717) is 54.9 Å². The summed E-state index contributed by atoms with van der Waals surface area (Å²) in [7, 11) is 0. The Balaban J connectivity index is 1.66. The summed E-state index contributed by atoms with van der Waals surface area (Å²) in [6, 6.07) is 9.93. The average Bonchev–Trinajstić information content (AvgIpc) is 2.74. The first kappa shape index (κ1) is 20.6. The molecule has 7 nitrogen and oxygen atoms in total. The molecule has 1 aliphatic rings. The fourth-order valence-corrected chi connectivity index (χ4v) is 3.25. The summed E-state index contributed by atoms with van der Waals surface area (Å²) in [6.45, 7) is 4.46. The lowest BCUT2D eigenvalue weighted by molar-refractivity contribution is 0.122. The minimum atomic E-state index is -0.495. The third-order valence-electron chi connectivity index (χ3n) is 4.52. The maximum Gasteiger partial charge on any atom is 0.233 e. The molecule has 1 saturated heterocycles. The third-order valence-corrected chi connectivity index (χ3v) is 5.22. The van der Waals surface area contributed by atoms with Crippen LogP contribution in [0.1, 0.15) is 5.56 Å². The van der Waals surface area contributed by atoms with E-state index in [1.807, 2.05) is 30.0 Å². The van der Waals surface area contributed by atoms with Gasteiger partial charge in [0.05, 0.1) is 18.2 Å². The number of halogens is 3. The molecule has 0 unspecified atom stereocenters. The van der Waals surface area contributed by atoms with E-state index in [2.05, 4.69) is 25.6 Å². The van der Waals surface area contributed by atoms with E-state index >= 15 is 0 Å². The molecule has 1 aliphatic heterocycles. The number of nitrogens with zero attached hydrogens (tertiary/aromatic N) is 4. The topological polar surface area (TPSA) is 75.2 Å². The summed E-state index contributed by atoms with van der Waals surface area (Å²) in [5, 5.41) is 6.88. The van der Waals surface area contributed by atoms with Crippen LogP contribution in [-0.2, 0) is 4.74 Å². The molecular weight excluding hydrogens is 430 g/mol. The van der Waals surface area contributed by atoms with Gasteiger partial charge in [-0.15, -0.1) is 0 Å². The normalized spacial score (nSPS) is 13.9. The zero-order valence-electron chi connectivity index (χ0n) is 16.1.